The van der Waals surface area contributed by atoms with Crippen LogP contribution in [0.2, 0.25) is 0 Å². The lowest BCUT2D eigenvalue weighted by atomic mass is 10.00. The molecule has 1 aliphatic heterocycles. The third kappa shape index (κ3) is 2.92. The fourth-order valence-corrected chi connectivity index (χ4v) is 2.70. The van der Waals surface area contributed by atoms with E-state index in [4.69, 9.17) is 4.74 Å². The van der Waals surface area contributed by atoms with E-state index in [9.17, 15) is 4.79 Å². The van der Waals surface area contributed by atoms with Gasteiger partial charge in [-0.25, -0.2) is 0 Å². The summed E-state index contributed by atoms with van der Waals surface area (Å²) in [6.45, 7) is 3.33. The Bertz CT molecular complexity index is 485. The number of amides is 1. The Morgan fingerprint density at radius 1 is 1.42 bits per heavy atom. The van der Waals surface area contributed by atoms with Gasteiger partial charge in [-0.1, -0.05) is 23.9 Å². The number of rotatable bonds is 3. The number of carbonyl (C=O) groups excluding carboxylic acids is 1. The van der Waals surface area contributed by atoms with Gasteiger partial charge in [0.25, 0.3) is 0 Å². The van der Waals surface area contributed by atoms with Crippen molar-refractivity contribution in [1.82, 2.24) is 4.90 Å². The molecule has 1 aromatic carbocycles. The zero-order chi connectivity index (χ0) is 13.8. The summed E-state index contributed by atoms with van der Waals surface area (Å²) in [6.07, 6.45) is 1.95. The fourth-order valence-electron chi connectivity index (χ4n) is 2.07. The van der Waals surface area contributed by atoms with Crippen LogP contribution >= 0.6 is 11.8 Å². The summed E-state index contributed by atoms with van der Waals surface area (Å²) in [6, 6.07) is 7.64. The molecule has 19 heavy (non-hydrogen) atoms. The minimum absolute atomic E-state index is 0.107. The number of nitrogens with zero attached hydrogens (tertiary/aromatic N) is 2. The van der Waals surface area contributed by atoms with E-state index >= 15 is 0 Å². The standard InChI is InChI=1S/C14H18N2O2S/c1-10(11-4-6-12(18-2)7-5-11)13(17)16-9-8-15-14(16)19-3/h4-7,10H,8-9H2,1-3H3/t10-/m0/s1. The van der Waals surface area contributed by atoms with Crippen LogP contribution in [0.25, 0.3) is 0 Å². The molecule has 0 unspecified atom stereocenters. The van der Waals surface area contributed by atoms with Gasteiger partial charge in [-0.2, -0.15) is 0 Å². The van der Waals surface area contributed by atoms with Crippen LogP contribution in [0, 0.1) is 0 Å². The van der Waals surface area contributed by atoms with Gasteiger partial charge in [0, 0.05) is 6.54 Å². The maximum Gasteiger partial charge on any atom is 0.235 e. The van der Waals surface area contributed by atoms with Crippen molar-refractivity contribution in [3.63, 3.8) is 0 Å². The van der Waals surface area contributed by atoms with Crippen LogP contribution in [0.1, 0.15) is 18.4 Å². The van der Waals surface area contributed by atoms with E-state index < -0.39 is 0 Å². The Kier molecular flexibility index (Phi) is 4.47. The highest BCUT2D eigenvalue weighted by Crippen LogP contribution is 2.23. The van der Waals surface area contributed by atoms with Crippen LogP contribution in [0.15, 0.2) is 29.3 Å². The first-order valence-corrected chi connectivity index (χ1v) is 7.43. The average Bonchev–Trinajstić information content (AvgIpc) is 2.94. The van der Waals surface area contributed by atoms with Gasteiger partial charge in [-0.3, -0.25) is 14.7 Å². The van der Waals surface area contributed by atoms with Gasteiger partial charge in [-0.15, -0.1) is 0 Å². The van der Waals surface area contributed by atoms with E-state index in [1.165, 1.54) is 11.8 Å². The molecule has 0 aliphatic carbocycles. The predicted octanol–water partition coefficient (Wildman–Crippen LogP) is 2.36. The van der Waals surface area contributed by atoms with E-state index in [0.29, 0.717) is 13.1 Å². The first-order valence-electron chi connectivity index (χ1n) is 6.21. The van der Waals surface area contributed by atoms with Crippen molar-refractivity contribution in [2.24, 2.45) is 4.99 Å². The van der Waals surface area contributed by atoms with Crippen LogP contribution in [0.4, 0.5) is 0 Å². The van der Waals surface area contributed by atoms with Gasteiger partial charge in [0.05, 0.1) is 19.6 Å². The lowest BCUT2D eigenvalue weighted by Crippen LogP contribution is -2.35. The molecule has 0 N–H and O–H groups in total. The van der Waals surface area contributed by atoms with Crippen molar-refractivity contribution in [2.75, 3.05) is 26.5 Å². The largest absolute Gasteiger partial charge is 0.497 e. The Hall–Kier alpha value is -1.49. The maximum atomic E-state index is 12.5. The third-order valence-electron chi connectivity index (χ3n) is 3.24. The number of hydrogen-bond acceptors (Lipinski definition) is 4. The maximum absolute atomic E-state index is 12.5. The van der Waals surface area contributed by atoms with E-state index in [1.807, 2.05) is 37.4 Å². The summed E-state index contributed by atoms with van der Waals surface area (Å²) >= 11 is 1.52. The number of thioether (sulfide) groups is 1. The smallest absolute Gasteiger partial charge is 0.235 e. The molecule has 0 fully saturated rings. The molecule has 0 radical (unpaired) electrons. The summed E-state index contributed by atoms with van der Waals surface area (Å²) in [5.74, 6) is 0.744. The second-order valence-electron chi connectivity index (χ2n) is 4.35. The molecule has 4 nitrogen and oxygen atoms in total. The SMILES string of the molecule is COc1ccc([C@H](C)C(=O)N2CCN=C2SC)cc1. The number of amidine groups is 1. The molecule has 1 heterocycles. The quantitative estimate of drug-likeness (QED) is 0.852. The van der Waals surface area contributed by atoms with Gasteiger partial charge in [0.2, 0.25) is 5.91 Å². The molecule has 5 heteroatoms. The van der Waals surface area contributed by atoms with Crippen molar-refractivity contribution in [2.45, 2.75) is 12.8 Å². The molecule has 0 saturated carbocycles. The summed E-state index contributed by atoms with van der Waals surface area (Å²) < 4.78 is 5.13. The Balaban J connectivity index is 2.12. The first-order chi connectivity index (χ1) is 9.17. The van der Waals surface area contributed by atoms with Gasteiger partial charge < -0.3 is 4.74 Å². The minimum Gasteiger partial charge on any atom is -0.497 e. The first kappa shape index (κ1) is 13.9. The average molecular weight is 278 g/mol. The molecule has 1 amide bonds. The third-order valence-corrected chi connectivity index (χ3v) is 3.95. The predicted molar refractivity (Wildman–Crippen MR) is 78.9 cm³/mol. The zero-order valence-electron chi connectivity index (χ0n) is 11.4. The molecule has 0 saturated heterocycles. The van der Waals surface area contributed by atoms with Crippen LogP contribution < -0.4 is 4.74 Å². The van der Waals surface area contributed by atoms with E-state index in [1.54, 1.807) is 12.0 Å². The summed E-state index contributed by atoms with van der Waals surface area (Å²) in [7, 11) is 1.63. The monoisotopic (exact) mass is 278 g/mol. The number of benzene rings is 1. The van der Waals surface area contributed by atoms with Gasteiger partial charge in [0.1, 0.15) is 5.75 Å². The van der Waals surface area contributed by atoms with Gasteiger partial charge in [-0.05, 0) is 30.9 Å². The summed E-state index contributed by atoms with van der Waals surface area (Å²) in [5.41, 5.74) is 0.998. The van der Waals surface area contributed by atoms with E-state index in [2.05, 4.69) is 4.99 Å². The molecule has 0 aromatic heterocycles. The van der Waals surface area contributed by atoms with Crippen LogP contribution in [-0.2, 0) is 4.79 Å². The second kappa shape index (κ2) is 6.10. The lowest BCUT2D eigenvalue weighted by molar-refractivity contribution is -0.128. The van der Waals surface area contributed by atoms with Crippen molar-refractivity contribution in [3.8, 4) is 5.75 Å². The number of hydrogen-bond donors (Lipinski definition) is 0. The van der Waals surface area contributed by atoms with Crippen molar-refractivity contribution in [1.29, 1.82) is 0 Å². The van der Waals surface area contributed by atoms with Crippen molar-refractivity contribution in [3.05, 3.63) is 29.8 Å². The fraction of sp³-hybridized carbons (Fsp3) is 0.429. The lowest BCUT2D eigenvalue weighted by Gasteiger charge is -2.21. The van der Waals surface area contributed by atoms with E-state index in [-0.39, 0.29) is 11.8 Å². The number of carbonyl (C=O) groups is 1. The molecule has 1 aliphatic rings. The summed E-state index contributed by atoms with van der Waals surface area (Å²) in [5, 5.41) is 0.824. The highest BCUT2D eigenvalue weighted by atomic mass is 32.2. The molecule has 0 bridgehead atoms. The molecule has 1 atom stereocenters. The number of aliphatic imine (C=N–C) groups is 1. The Morgan fingerprint density at radius 3 is 2.68 bits per heavy atom. The molecule has 0 spiro atoms. The Labute approximate surface area is 117 Å². The molecule has 102 valence electrons. The molecule has 2 rings (SSSR count). The highest BCUT2D eigenvalue weighted by molar-refractivity contribution is 8.13. The van der Waals surface area contributed by atoms with Crippen LogP contribution in [0.5, 0.6) is 5.75 Å². The zero-order valence-corrected chi connectivity index (χ0v) is 12.2. The molecular weight excluding hydrogens is 260 g/mol. The van der Waals surface area contributed by atoms with Crippen LogP contribution in [-0.4, -0.2) is 42.4 Å². The topological polar surface area (TPSA) is 41.9 Å². The number of methoxy groups -OCH3 is 1. The van der Waals surface area contributed by atoms with Gasteiger partial charge >= 0.3 is 0 Å². The molecular formula is C14H18N2O2S. The van der Waals surface area contributed by atoms with Gasteiger partial charge in [0.15, 0.2) is 5.17 Å². The van der Waals surface area contributed by atoms with E-state index in [0.717, 1.165) is 16.5 Å². The summed E-state index contributed by atoms with van der Waals surface area (Å²) in [4.78, 5) is 18.6. The van der Waals surface area contributed by atoms with Crippen LogP contribution in [0.3, 0.4) is 0 Å². The second-order valence-corrected chi connectivity index (χ2v) is 5.13. The minimum atomic E-state index is -0.165. The number of ether oxygens (including phenoxy) is 1. The highest BCUT2D eigenvalue weighted by Gasteiger charge is 2.27. The van der Waals surface area contributed by atoms with Crippen molar-refractivity contribution < 1.29 is 9.53 Å². The Morgan fingerprint density at radius 2 is 2.11 bits per heavy atom. The van der Waals surface area contributed by atoms with Crippen molar-refractivity contribution >= 4 is 22.8 Å². The normalized spacial score (nSPS) is 16.2. The molecule has 1 aromatic rings.